The number of aryl methyl sites for hydroxylation is 2. The maximum absolute atomic E-state index is 2.20. The minimum absolute atomic E-state index is 1.35. The molecule has 0 bridgehead atoms. The molecule has 45 valence electrons. The molecule has 1 aromatic carbocycles. The van der Waals surface area contributed by atoms with Gasteiger partial charge in [0.2, 0.25) is 0 Å². The van der Waals surface area contributed by atoms with E-state index in [-0.39, 0.29) is 0 Å². The Balaban J connectivity index is 3.17. The van der Waals surface area contributed by atoms with Crippen LogP contribution >= 0.6 is 0 Å². The molecule has 0 N–H and O–H groups in total. The maximum atomic E-state index is 2.20. The molecule has 1 rings (SSSR count). The number of rotatable bonds is 0. The molecule has 9 heavy (non-hydrogen) atoms. The van der Waals surface area contributed by atoms with E-state index < -0.39 is 0 Å². The van der Waals surface area contributed by atoms with Gasteiger partial charge >= 0.3 is 64.1 Å². The van der Waals surface area contributed by atoms with E-state index in [1.54, 1.807) is 0 Å². The van der Waals surface area contributed by atoms with Crippen LogP contribution in [0.3, 0.4) is 0 Å². The summed E-state index contributed by atoms with van der Waals surface area (Å²) >= 11 is 2.14. The molecule has 3 radical (unpaired) electrons. The topological polar surface area (TPSA) is 0 Å². The molecular weight excluding hydrogens is 169 g/mol. The summed E-state index contributed by atoms with van der Waals surface area (Å²) in [6.45, 7) is 4.25. The second kappa shape index (κ2) is 2.57. The van der Waals surface area contributed by atoms with Crippen LogP contribution in [0, 0.1) is 13.8 Å². The fraction of sp³-hybridized carbons (Fsp3) is 0.250. The normalized spacial score (nSPS) is 9.67. The average Bonchev–Trinajstić information content (AvgIpc) is 1.80. The van der Waals surface area contributed by atoms with E-state index in [2.05, 4.69) is 48.6 Å². The van der Waals surface area contributed by atoms with E-state index in [1.807, 2.05) is 0 Å². The van der Waals surface area contributed by atoms with E-state index in [1.165, 1.54) is 15.5 Å². The zero-order chi connectivity index (χ0) is 6.85. The number of hydrogen-bond acceptors (Lipinski definition) is 0. The second-order valence-electron chi connectivity index (χ2n) is 2.32. The standard InChI is InChI=1S/C8H9Ge/c1-6-3-4-7(2)8(9)5-6/h3-5H,1-2H3. The van der Waals surface area contributed by atoms with Gasteiger partial charge in [0.25, 0.3) is 0 Å². The number of benzene rings is 1. The molecule has 0 saturated heterocycles. The van der Waals surface area contributed by atoms with Gasteiger partial charge < -0.3 is 0 Å². The predicted molar refractivity (Wildman–Crippen MR) is 41.3 cm³/mol. The second-order valence-corrected chi connectivity index (χ2v) is 3.45. The average molecular weight is 178 g/mol. The Morgan fingerprint density at radius 1 is 1.22 bits per heavy atom. The summed E-state index contributed by atoms with van der Waals surface area (Å²) in [7, 11) is 0. The summed E-state index contributed by atoms with van der Waals surface area (Å²) in [6, 6.07) is 6.50. The van der Waals surface area contributed by atoms with Gasteiger partial charge in [-0.2, -0.15) is 0 Å². The molecule has 0 unspecified atom stereocenters. The van der Waals surface area contributed by atoms with Crippen LogP contribution in [-0.4, -0.2) is 16.5 Å². The quantitative estimate of drug-likeness (QED) is 0.521. The third-order valence-electron chi connectivity index (χ3n) is 1.39. The first-order valence-electron chi connectivity index (χ1n) is 2.99. The molecule has 1 heteroatoms. The van der Waals surface area contributed by atoms with Crippen molar-refractivity contribution in [1.82, 2.24) is 0 Å². The summed E-state index contributed by atoms with van der Waals surface area (Å²) in [4.78, 5) is 0. The molecule has 0 saturated carbocycles. The monoisotopic (exact) mass is 179 g/mol. The Labute approximate surface area is 64.5 Å². The Kier molecular flexibility index (Phi) is 1.96. The molecule has 0 heterocycles. The van der Waals surface area contributed by atoms with E-state index >= 15 is 0 Å². The summed E-state index contributed by atoms with van der Waals surface area (Å²) < 4.78 is 1.38. The first kappa shape index (κ1) is 6.88. The van der Waals surface area contributed by atoms with Crippen LogP contribution in [-0.2, 0) is 0 Å². The van der Waals surface area contributed by atoms with Crippen molar-refractivity contribution in [1.29, 1.82) is 0 Å². The Bertz CT molecular complexity index is 216. The Hall–Kier alpha value is -0.237. The van der Waals surface area contributed by atoms with E-state index in [4.69, 9.17) is 0 Å². The fourth-order valence-corrected chi connectivity index (χ4v) is 1.39. The molecule has 0 aromatic heterocycles. The van der Waals surface area contributed by atoms with E-state index in [0.29, 0.717) is 0 Å². The molecule has 0 amide bonds. The van der Waals surface area contributed by atoms with Gasteiger partial charge in [-0.05, 0) is 0 Å². The molecular formula is C8H9Ge. The van der Waals surface area contributed by atoms with Crippen molar-refractivity contribution in [3.05, 3.63) is 29.3 Å². The van der Waals surface area contributed by atoms with Gasteiger partial charge in [0.15, 0.2) is 0 Å². The first-order valence-corrected chi connectivity index (χ1v) is 4.04. The molecule has 0 nitrogen and oxygen atoms in total. The fourth-order valence-electron chi connectivity index (χ4n) is 0.736. The van der Waals surface area contributed by atoms with Crippen molar-refractivity contribution < 1.29 is 0 Å². The Morgan fingerprint density at radius 2 is 1.89 bits per heavy atom. The van der Waals surface area contributed by atoms with Crippen molar-refractivity contribution in [2.75, 3.05) is 0 Å². The molecule has 1 aromatic rings. The molecule has 0 spiro atoms. The van der Waals surface area contributed by atoms with Gasteiger partial charge in [0.05, 0.1) is 0 Å². The van der Waals surface area contributed by atoms with E-state index in [0.717, 1.165) is 0 Å². The summed E-state index contributed by atoms with van der Waals surface area (Å²) in [5.74, 6) is 0. The summed E-state index contributed by atoms with van der Waals surface area (Å²) in [6.07, 6.45) is 0. The third-order valence-corrected chi connectivity index (χ3v) is 2.52. The molecule has 0 aliphatic carbocycles. The van der Waals surface area contributed by atoms with Crippen LogP contribution in [0.15, 0.2) is 18.2 Å². The Morgan fingerprint density at radius 3 is 2.33 bits per heavy atom. The first-order chi connectivity index (χ1) is 4.20. The van der Waals surface area contributed by atoms with Gasteiger partial charge in [0, 0.05) is 0 Å². The van der Waals surface area contributed by atoms with E-state index in [9.17, 15) is 0 Å². The van der Waals surface area contributed by atoms with Gasteiger partial charge in [-0.1, -0.05) is 0 Å². The predicted octanol–water partition coefficient (Wildman–Crippen LogP) is 1.10. The zero-order valence-electron chi connectivity index (χ0n) is 5.73. The van der Waals surface area contributed by atoms with Gasteiger partial charge in [-0.25, -0.2) is 0 Å². The third kappa shape index (κ3) is 1.58. The minimum atomic E-state index is 1.35. The van der Waals surface area contributed by atoms with Crippen molar-refractivity contribution in [2.24, 2.45) is 0 Å². The SMILES string of the molecule is Cc1ccc(C)[c]([Ge])c1. The molecule has 0 atom stereocenters. The van der Waals surface area contributed by atoms with Crippen LogP contribution in [0.1, 0.15) is 11.1 Å². The van der Waals surface area contributed by atoms with Gasteiger partial charge in [-0.15, -0.1) is 0 Å². The summed E-state index contributed by atoms with van der Waals surface area (Å²) in [5, 5.41) is 0. The van der Waals surface area contributed by atoms with Crippen molar-refractivity contribution >= 4 is 20.9 Å². The number of hydrogen-bond donors (Lipinski definition) is 0. The van der Waals surface area contributed by atoms with Gasteiger partial charge in [-0.3, -0.25) is 0 Å². The van der Waals surface area contributed by atoms with Crippen molar-refractivity contribution in [3.63, 3.8) is 0 Å². The molecule has 0 aliphatic heterocycles. The van der Waals surface area contributed by atoms with Crippen molar-refractivity contribution in [2.45, 2.75) is 13.8 Å². The molecule has 0 fully saturated rings. The van der Waals surface area contributed by atoms with Crippen LogP contribution < -0.4 is 4.40 Å². The van der Waals surface area contributed by atoms with Crippen molar-refractivity contribution in [3.8, 4) is 0 Å². The van der Waals surface area contributed by atoms with Crippen LogP contribution in [0.5, 0.6) is 0 Å². The van der Waals surface area contributed by atoms with Crippen LogP contribution in [0.25, 0.3) is 0 Å². The van der Waals surface area contributed by atoms with Crippen LogP contribution in [0.4, 0.5) is 0 Å². The molecule has 0 aliphatic rings. The zero-order valence-corrected chi connectivity index (χ0v) is 7.83. The van der Waals surface area contributed by atoms with Gasteiger partial charge in [0.1, 0.15) is 0 Å². The summed E-state index contributed by atoms with van der Waals surface area (Å²) in [5.41, 5.74) is 2.72. The van der Waals surface area contributed by atoms with Crippen LogP contribution in [0.2, 0.25) is 0 Å².